The summed E-state index contributed by atoms with van der Waals surface area (Å²) in [7, 11) is 0. The molecule has 1 atom stereocenters. The average Bonchev–Trinajstić information content (AvgIpc) is 2.75. The molecule has 5 heteroatoms. The van der Waals surface area contributed by atoms with Gasteiger partial charge in [0.1, 0.15) is 5.75 Å². The lowest BCUT2D eigenvalue weighted by molar-refractivity contribution is 0.101. The molecule has 5 nitrogen and oxygen atoms in total. The molecular formula is C25H26N2O3. The van der Waals surface area contributed by atoms with Gasteiger partial charge in [-0.05, 0) is 80.9 Å². The predicted molar refractivity (Wildman–Crippen MR) is 120 cm³/mol. The Labute approximate surface area is 177 Å². The lowest BCUT2D eigenvalue weighted by atomic mass is 10.1. The van der Waals surface area contributed by atoms with Crippen molar-refractivity contribution in [3.63, 3.8) is 0 Å². The van der Waals surface area contributed by atoms with E-state index in [1.54, 1.807) is 54.6 Å². The maximum Gasteiger partial charge on any atom is 0.255 e. The summed E-state index contributed by atoms with van der Waals surface area (Å²) in [4.78, 5) is 24.8. The van der Waals surface area contributed by atoms with Crippen LogP contribution in [0.1, 0.15) is 46.5 Å². The van der Waals surface area contributed by atoms with Crippen LogP contribution in [0.2, 0.25) is 0 Å². The topological polar surface area (TPSA) is 67.4 Å². The number of carbonyl (C=O) groups is 2. The normalized spacial score (nSPS) is 11.4. The van der Waals surface area contributed by atoms with Crippen molar-refractivity contribution in [1.82, 2.24) is 0 Å². The lowest BCUT2D eigenvalue weighted by Crippen LogP contribution is -2.13. The molecule has 30 heavy (non-hydrogen) atoms. The highest BCUT2D eigenvalue weighted by Crippen LogP contribution is 2.18. The fourth-order valence-electron chi connectivity index (χ4n) is 2.83. The SMILES string of the molecule is CCC(C)Oc1ccc(C(=O)Nc2ccc(NC(=O)c3cccc(C)c3)cc2)cc1. The summed E-state index contributed by atoms with van der Waals surface area (Å²) in [6.45, 7) is 6.01. The molecule has 2 amide bonds. The van der Waals surface area contributed by atoms with Crippen LogP contribution in [0.25, 0.3) is 0 Å². The monoisotopic (exact) mass is 402 g/mol. The van der Waals surface area contributed by atoms with Gasteiger partial charge in [0.25, 0.3) is 11.8 Å². The van der Waals surface area contributed by atoms with Crippen LogP contribution in [-0.2, 0) is 0 Å². The summed E-state index contributed by atoms with van der Waals surface area (Å²) in [6, 6.07) is 21.5. The largest absolute Gasteiger partial charge is 0.491 e. The van der Waals surface area contributed by atoms with Crippen LogP contribution < -0.4 is 15.4 Å². The number of aryl methyl sites for hydroxylation is 1. The molecule has 1 unspecified atom stereocenters. The van der Waals surface area contributed by atoms with Gasteiger partial charge in [0.05, 0.1) is 6.10 Å². The van der Waals surface area contributed by atoms with Crippen LogP contribution in [0.4, 0.5) is 11.4 Å². The highest BCUT2D eigenvalue weighted by molar-refractivity contribution is 6.05. The van der Waals surface area contributed by atoms with Gasteiger partial charge in [-0.1, -0.05) is 24.6 Å². The van der Waals surface area contributed by atoms with Gasteiger partial charge in [0.2, 0.25) is 0 Å². The molecule has 3 aromatic carbocycles. The summed E-state index contributed by atoms with van der Waals surface area (Å²) in [5.74, 6) is 0.367. The van der Waals surface area contributed by atoms with Gasteiger partial charge in [-0.25, -0.2) is 0 Å². The Bertz CT molecular complexity index is 1010. The Balaban J connectivity index is 1.58. The fourth-order valence-corrected chi connectivity index (χ4v) is 2.83. The first kappa shape index (κ1) is 21.1. The van der Waals surface area contributed by atoms with Crippen molar-refractivity contribution in [3.05, 3.63) is 89.5 Å². The molecule has 0 fully saturated rings. The van der Waals surface area contributed by atoms with Crippen LogP contribution in [-0.4, -0.2) is 17.9 Å². The van der Waals surface area contributed by atoms with Gasteiger partial charge in [-0.2, -0.15) is 0 Å². The first-order valence-corrected chi connectivity index (χ1v) is 10.0. The molecule has 0 aromatic heterocycles. The number of rotatable bonds is 7. The van der Waals surface area contributed by atoms with Crippen molar-refractivity contribution in [3.8, 4) is 5.75 Å². The third-order valence-corrected chi connectivity index (χ3v) is 4.71. The molecule has 3 rings (SSSR count). The van der Waals surface area contributed by atoms with Gasteiger partial charge in [-0.15, -0.1) is 0 Å². The van der Waals surface area contributed by atoms with E-state index in [-0.39, 0.29) is 17.9 Å². The van der Waals surface area contributed by atoms with Crippen LogP contribution >= 0.6 is 0 Å². The maximum absolute atomic E-state index is 12.5. The molecular weight excluding hydrogens is 376 g/mol. The first-order chi connectivity index (χ1) is 14.4. The number of hydrogen-bond acceptors (Lipinski definition) is 3. The van der Waals surface area contributed by atoms with E-state index in [4.69, 9.17) is 4.74 Å². The molecule has 0 aliphatic rings. The van der Waals surface area contributed by atoms with Crippen LogP contribution in [0.15, 0.2) is 72.8 Å². The number of benzene rings is 3. The van der Waals surface area contributed by atoms with E-state index in [9.17, 15) is 9.59 Å². The summed E-state index contributed by atoms with van der Waals surface area (Å²) in [6.07, 6.45) is 1.05. The van der Waals surface area contributed by atoms with E-state index < -0.39 is 0 Å². The van der Waals surface area contributed by atoms with Crippen LogP contribution in [0.5, 0.6) is 5.75 Å². The Morgan fingerprint density at radius 2 is 1.40 bits per heavy atom. The van der Waals surface area contributed by atoms with Gasteiger partial charge in [0, 0.05) is 22.5 Å². The fraction of sp³-hybridized carbons (Fsp3) is 0.200. The van der Waals surface area contributed by atoms with E-state index in [0.29, 0.717) is 22.5 Å². The second-order valence-corrected chi connectivity index (χ2v) is 7.22. The Kier molecular flexibility index (Phi) is 6.86. The molecule has 2 N–H and O–H groups in total. The molecule has 0 radical (unpaired) electrons. The average molecular weight is 402 g/mol. The van der Waals surface area contributed by atoms with Crippen molar-refractivity contribution >= 4 is 23.2 Å². The van der Waals surface area contributed by atoms with Crippen molar-refractivity contribution in [2.45, 2.75) is 33.3 Å². The predicted octanol–water partition coefficient (Wildman–Crippen LogP) is 5.68. The van der Waals surface area contributed by atoms with E-state index >= 15 is 0 Å². The van der Waals surface area contributed by atoms with Crippen LogP contribution in [0, 0.1) is 6.92 Å². The Morgan fingerprint density at radius 3 is 1.93 bits per heavy atom. The number of hydrogen-bond donors (Lipinski definition) is 2. The summed E-state index contributed by atoms with van der Waals surface area (Å²) < 4.78 is 5.73. The third kappa shape index (κ3) is 5.70. The second kappa shape index (κ2) is 9.74. The first-order valence-electron chi connectivity index (χ1n) is 10.0. The zero-order valence-electron chi connectivity index (χ0n) is 17.4. The van der Waals surface area contributed by atoms with Gasteiger partial charge in [0.15, 0.2) is 0 Å². The molecule has 0 saturated carbocycles. The van der Waals surface area contributed by atoms with E-state index in [0.717, 1.165) is 17.7 Å². The number of nitrogens with one attached hydrogen (secondary N) is 2. The van der Waals surface area contributed by atoms with Crippen LogP contribution in [0.3, 0.4) is 0 Å². The molecule has 0 aliphatic carbocycles. The Hall–Kier alpha value is -3.60. The second-order valence-electron chi connectivity index (χ2n) is 7.22. The van der Waals surface area contributed by atoms with Crippen molar-refractivity contribution in [2.24, 2.45) is 0 Å². The molecule has 154 valence electrons. The van der Waals surface area contributed by atoms with Crippen molar-refractivity contribution in [2.75, 3.05) is 10.6 Å². The summed E-state index contributed by atoms with van der Waals surface area (Å²) in [5.41, 5.74) is 3.48. The van der Waals surface area contributed by atoms with E-state index in [1.165, 1.54) is 0 Å². The molecule has 0 heterocycles. The highest BCUT2D eigenvalue weighted by Gasteiger charge is 2.09. The van der Waals surface area contributed by atoms with E-state index in [2.05, 4.69) is 17.6 Å². The lowest BCUT2D eigenvalue weighted by Gasteiger charge is -2.13. The minimum Gasteiger partial charge on any atom is -0.491 e. The maximum atomic E-state index is 12.5. The van der Waals surface area contributed by atoms with Crippen molar-refractivity contribution in [1.29, 1.82) is 0 Å². The third-order valence-electron chi connectivity index (χ3n) is 4.71. The summed E-state index contributed by atoms with van der Waals surface area (Å²) >= 11 is 0. The zero-order chi connectivity index (χ0) is 21.5. The number of carbonyl (C=O) groups excluding carboxylic acids is 2. The number of amides is 2. The van der Waals surface area contributed by atoms with Gasteiger partial charge < -0.3 is 15.4 Å². The minimum absolute atomic E-state index is 0.134. The number of anilines is 2. The smallest absolute Gasteiger partial charge is 0.255 e. The Morgan fingerprint density at radius 1 is 0.833 bits per heavy atom. The van der Waals surface area contributed by atoms with Gasteiger partial charge in [-0.3, -0.25) is 9.59 Å². The quantitative estimate of drug-likeness (QED) is 0.534. The standard InChI is InChI=1S/C25H26N2O3/c1-4-18(3)30-23-14-8-19(9-15-23)24(28)26-21-10-12-22(13-11-21)27-25(29)20-7-5-6-17(2)16-20/h5-16,18H,4H2,1-3H3,(H,26,28)(H,27,29). The van der Waals surface area contributed by atoms with Gasteiger partial charge >= 0.3 is 0 Å². The van der Waals surface area contributed by atoms with E-state index in [1.807, 2.05) is 32.0 Å². The zero-order valence-corrected chi connectivity index (χ0v) is 17.4. The van der Waals surface area contributed by atoms with Crippen molar-refractivity contribution < 1.29 is 14.3 Å². The molecule has 0 aliphatic heterocycles. The highest BCUT2D eigenvalue weighted by atomic mass is 16.5. The molecule has 0 bridgehead atoms. The minimum atomic E-state index is -0.207. The number of ether oxygens (including phenoxy) is 1. The molecule has 3 aromatic rings. The molecule has 0 saturated heterocycles. The molecule has 0 spiro atoms. The summed E-state index contributed by atoms with van der Waals surface area (Å²) in [5, 5.41) is 5.72.